The molecule has 0 N–H and O–H groups in total. The van der Waals surface area contributed by atoms with Gasteiger partial charge in [-0.25, -0.2) is 0 Å². The Hall–Kier alpha value is -0.590. The maximum absolute atomic E-state index is 11.5. The number of ketones is 1. The molecule has 1 saturated carbocycles. The second kappa shape index (κ2) is 5.21. The van der Waals surface area contributed by atoms with Crippen molar-refractivity contribution in [2.24, 2.45) is 5.92 Å². The Labute approximate surface area is 81.2 Å². The number of allylic oxidation sites excluding steroid dienone is 2. The Bertz CT molecular complexity index is 203. The summed E-state index contributed by atoms with van der Waals surface area (Å²) >= 11 is 0. The maximum Gasteiger partial charge on any atom is 0.158 e. The van der Waals surface area contributed by atoms with Crippen LogP contribution in [0.15, 0.2) is 11.6 Å². The van der Waals surface area contributed by atoms with Crippen molar-refractivity contribution in [1.82, 2.24) is 0 Å². The van der Waals surface area contributed by atoms with Crippen LogP contribution in [0.5, 0.6) is 0 Å². The summed E-state index contributed by atoms with van der Waals surface area (Å²) in [5, 5.41) is 0. The number of carbonyl (C=O) groups excluding carboxylic acids is 1. The fourth-order valence-corrected chi connectivity index (χ4v) is 2.18. The van der Waals surface area contributed by atoms with Gasteiger partial charge in [0.05, 0.1) is 0 Å². The number of hydrogen-bond acceptors (Lipinski definition) is 1. The number of hydrogen-bond donors (Lipinski definition) is 0. The van der Waals surface area contributed by atoms with Gasteiger partial charge in [0.2, 0.25) is 0 Å². The molecule has 13 heavy (non-hydrogen) atoms. The molecule has 0 amide bonds. The van der Waals surface area contributed by atoms with E-state index < -0.39 is 0 Å². The molecule has 1 rings (SSSR count). The van der Waals surface area contributed by atoms with Crippen LogP contribution in [0.25, 0.3) is 0 Å². The molecule has 74 valence electrons. The van der Waals surface area contributed by atoms with Gasteiger partial charge in [0.15, 0.2) is 5.78 Å². The van der Waals surface area contributed by atoms with Crippen molar-refractivity contribution in [1.29, 1.82) is 0 Å². The predicted molar refractivity (Wildman–Crippen MR) is 55.6 cm³/mol. The van der Waals surface area contributed by atoms with Gasteiger partial charge in [-0.05, 0) is 37.7 Å². The molecule has 1 aliphatic rings. The summed E-state index contributed by atoms with van der Waals surface area (Å²) < 4.78 is 0. The second-order valence-corrected chi connectivity index (χ2v) is 3.90. The van der Waals surface area contributed by atoms with Crippen LogP contribution in [0.1, 0.15) is 52.4 Å². The van der Waals surface area contributed by atoms with Gasteiger partial charge in [0, 0.05) is 6.42 Å². The molecule has 1 aliphatic carbocycles. The predicted octanol–water partition coefficient (Wildman–Crippen LogP) is 3.49. The molecule has 0 aromatic rings. The van der Waals surface area contributed by atoms with E-state index in [0.717, 1.165) is 18.4 Å². The van der Waals surface area contributed by atoms with Crippen LogP contribution in [0.4, 0.5) is 0 Å². The van der Waals surface area contributed by atoms with Gasteiger partial charge >= 0.3 is 0 Å². The number of unbranched alkanes of at least 4 members (excludes halogenated alkanes) is 1. The minimum Gasteiger partial charge on any atom is -0.295 e. The first kappa shape index (κ1) is 10.5. The van der Waals surface area contributed by atoms with Crippen LogP contribution >= 0.6 is 0 Å². The van der Waals surface area contributed by atoms with Gasteiger partial charge in [0.1, 0.15) is 0 Å². The standard InChI is InChI=1S/C12H20O/c1-3-5-7-10-8-6-9-12(13)11(10)4-2/h4,10H,3,5-9H2,1-2H3/b11-4+. The van der Waals surface area contributed by atoms with Gasteiger partial charge in [0.25, 0.3) is 0 Å². The number of carbonyl (C=O) groups is 1. The van der Waals surface area contributed by atoms with Crippen molar-refractivity contribution < 1.29 is 4.79 Å². The smallest absolute Gasteiger partial charge is 0.158 e. The molecule has 0 spiro atoms. The molecule has 1 atom stereocenters. The molecular weight excluding hydrogens is 160 g/mol. The third-order valence-electron chi connectivity index (χ3n) is 2.94. The summed E-state index contributed by atoms with van der Waals surface area (Å²) in [6.07, 6.45) is 8.85. The van der Waals surface area contributed by atoms with Crippen LogP contribution < -0.4 is 0 Å². The summed E-state index contributed by atoms with van der Waals surface area (Å²) in [4.78, 5) is 11.5. The normalized spacial score (nSPS) is 26.8. The first-order valence-electron chi connectivity index (χ1n) is 5.49. The van der Waals surface area contributed by atoms with E-state index in [1.165, 1.54) is 25.7 Å². The van der Waals surface area contributed by atoms with Crippen molar-refractivity contribution >= 4 is 5.78 Å². The van der Waals surface area contributed by atoms with E-state index in [9.17, 15) is 4.79 Å². The number of Topliss-reactive ketones (excluding diaryl/α,β-unsaturated/α-hetero) is 1. The van der Waals surface area contributed by atoms with Crippen LogP contribution in [0, 0.1) is 5.92 Å². The van der Waals surface area contributed by atoms with Gasteiger partial charge in [-0.1, -0.05) is 25.8 Å². The van der Waals surface area contributed by atoms with Crippen LogP contribution in [0.3, 0.4) is 0 Å². The molecule has 0 aliphatic heterocycles. The van der Waals surface area contributed by atoms with Gasteiger partial charge < -0.3 is 0 Å². The highest BCUT2D eigenvalue weighted by molar-refractivity contribution is 5.96. The first-order chi connectivity index (χ1) is 6.29. The van der Waals surface area contributed by atoms with E-state index in [2.05, 4.69) is 6.92 Å². The molecule has 0 heterocycles. The third kappa shape index (κ3) is 2.68. The van der Waals surface area contributed by atoms with E-state index in [0.29, 0.717) is 11.7 Å². The zero-order valence-electron chi connectivity index (χ0n) is 8.81. The van der Waals surface area contributed by atoms with E-state index in [-0.39, 0.29) is 0 Å². The Kier molecular flexibility index (Phi) is 4.20. The lowest BCUT2D eigenvalue weighted by molar-refractivity contribution is -0.117. The molecule has 1 nitrogen and oxygen atoms in total. The molecule has 1 fully saturated rings. The molecule has 0 saturated heterocycles. The summed E-state index contributed by atoms with van der Waals surface area (Å²) in [5.41, 5.74) is 1.11. The summed E-state index contributed by atoms with van der Waals surface area (Å²) in [5.74, 6) is 0.973. The van der Waals surface area contributed by atoms with Crippen LogP contribution in [0.2, 0.25) is 0 Å². The Morgan fingerprint density at radius 1 is 1.54 bits per heavy atom. The minimum absolute atomic E-state index is 0.398. The molecular formula is C12H20O. The highest BCUT2D eigenvalue weighted by Gasteiger charge is 2.23. The minimum atomic E-state index is 0.398. The summed E-state index contributed by atoms with van der Waals surface area (Å²) in [6.45, 7) is 4.21. The van der Waals surface area contributed by atoms with E-state index >= 15 is 0 Å². The van der Waals surface area contributed by atoms with E-state index in [1.807, 2.05) is 13.0 Å². The summed E-state index contributed by atoms with van der Waals surface area (Å²) in [6, 6.07) is 0. The highest BCUT2D eigenvalue weighted by Crippen LogP contribution is 2.30. The molecule has 1 heteroatoms. The molecule has 1 unspecified atom stereocenters. The fraction of sp³-hybridized carbons (Fsp3) is 0.750. The van der Waals surface area contributed by atoms with Gasteiger partial charge in [-0.15, -0.1) is 0 Å². The average molecular weight is 180 g/mol. The van der Waals surface area contributed by atoms with E-state index in [4.69, 9.17) is 0 Å². The van der Waals surface area contributed by atoms with Crippen molar-refractivity contribution in [2.45, 2.75) is 52.4 Å². The van der Waals surface area contributed by atoms with E-state index in [1.54, 1.807) is 0 Å². The van der Waals surface area contributed by atoms with Gasteiger partial charge in [-0.2, -0.15) is 0 Å². The van der Waals surface area contributed by atoms with Crippen molar-refractivity contribution in [3.05, 3.63) is 11.6 Å². The van der Waals surface area contributed by atoms with Crippen molar-refractivity contribution in [3.63, 3.8) is 0 Å². The topological polar surface area (TPSA) is 17.1 Å². The molecule has 0 bridgehead atoms. The first-order valence-corrected chi connectivity index (χ1v) is 5.49. The van der Waals surface area contributed by atoms with Crippen LogP contribution in [-0.4, -0.2) is 5.78 Å². The lowest BCUT2D eigenvalue weighted by Crippen LogP contribution is -2.18. The van der Waals surface area contributed by atoms with Gasteiger partial charge in [-0.3, -0.25) is 4.79 Å². The Morgan fingerprint density at radius 3 is 2.92 bits per heavy atom. The molecule has 0 aromatic heterocycles. The largest absolute Gasteiger partial charge is 0.295 e. The fourth-order valence-electron chi connectivity index (χ4n) is 2.18. The zero-order chi connectivity index (χ0) is 9.68. The molecule has 0 radical (unpaired) electrons. The van der Waals surface area contributed by atoms with Crippen molar-refractivity contribution in [2.75, 3.05) is 0 Å². The highest BCUT2D eigenvalue weighted by atomic mass is 16.1. The number of rotatable bonds is 3. The quantitative estimate of drug-likeness (QED) is 0.607. The molecule has 0 aromatic carbocycles. The maximum atomic E-state index is 11.5. The lowest BCUT2D eigenvalue weighted by atomic mass is 9.80. The Balaban J connectivity index is 2.55. The Morgan fingerprint density at radius 2 is 2.31 bits per heavy atom. The summed E-state index contributed by atoms with van der Waals surface area (Å²) in [7, 11) is 0. The average Bonchev–Trinajstić information content (AvgIpc) is 2.15. The third-order valence-corrected chi connectivity index (χ3v) is 2.94. The lowest BCUT2D eigenvalue weighted by Gasteiger charge is -2.23. The second-order valence-electron chi connectivity index (χ2n) is 3.90. The van der Waals surface area contributed by atoms with Crippen molar-refractivity contribution in [3.8, 4) is 0 Å². The zero-order valence-corrected chi connectivity index (χ0v) is 8.81. The SMILES string of the molecule is C/C=C1/C(=O)CCCC1CCCC. The monoisotopic (exact) mass is 180 g/mol. The van der Waals surface area contributed by atoms with Crippen LogP contribution in [-0.2, 0) is 4.79 Å².